The molecule has 0 atom stereocenters. The minimum atomic E-state index is 1.01. The van der Waals surface area contributed by atoms with E-state index in [2.05, 4.69) is 36.5 Å². The topological polar surface area (TPSA) is 0 Å². The third-order valence-corrected chi connectivity index (χ3v) is 1.76. The van der Waals surface area contributed by atoms with E-state index in [1.54, 1.807) is 0 Å². The summed E-state index contributed by atoms with van der Waals surface area (Å²) in [6.07, 6.45) is 27.0. The Labute approximate surface area is 86.3 Å². The van der Waals surface area contributed by atoms with Crippen LogP contribution in [0.5, 0.6) is 0 Å². The summed E-state index contributed by atoms with van der Waals surface area (Å²) in [7, 11) is 0. The van der Waals surface area contributed by atoms with Gasteiger partial charge in [-0.25, -0.2) is 0 Å². The lowest BCUT2D eigenvalue weighted by Gasteiger charge is -1.83. The maximum Gasteiger partial charge on any atom is -0.0166 e. The van der Waals surface area contributed by atoms with E-state index < -0.39 is 0 Å². The van der Waals surface area contributed by atoms with Gasteiger partial charge in [-0.05, 0) is 12.8 Å². The van der Waals surface area contributed by atoms with E-state index in [1.165, 1.54) is 0 Å². The molecule has 0 spiro atoms. The van der Waals surface area contributed by atoms with Gasteiger partial charge in [0.2, 0.25) is 0 Å². The van der Waals surface area contributed by atoms with Crippen molar-refractivity contribution in [3.05, 3.63) is 72.9 Å². The fourth-order valence-corrected chi connectivity index (χ4v) is 1.05. The number of hydrogen-bond donors (Lipinski definition) is 0. The van der Waals surface area contributed by atoms with Gasteiger partial charge in [-0.15, -0.1) is 0 Å². The van der Waals surface area contributed by atoms with Gasteiger partial charge in [-0.2, -0.15) is 0 Å². The van der Waals surface area contributed by atoms with E-state index in [0.29, 0.717) is 0 Å². The van der Waals surface area contributed by atoms with Crippen molar-refractivity contribution in [3.8, 4) is 0 Å². The first kappa shape index (κ1) is 10.5. The Morgan fingerprint density at radius 2 is 0.714 bits per heavy atom. The average Bonchev–Trinajstić information content (AvgIpc) is 2.22. The van der Waals surface area contributed by atoms with Crippen LogP contribution in [0.3, 0.4) is 0 Å². The Kier molecular flexibility index (Phi) is 6.05. The van der Waals surface area contributed by atoms with Crippen LogP contribution in [-0.2, 0) is 0 Å². The number of hydrogen-bond acceptors (Lipinski definition) is 0. The molecule has 0 nitrogen and oxygen atoms in total. The Hall–Kier alpha value is -1.56. The minimum Gasteiger partial charge on any atom is -0.0844 e. The van der Waals surface area contributed by atoms with E-state index in [0.717, 1.165) is 12.8 Å². The molecule has 0 heteroatoms. The smallest absolute Gasteiger partial charge is 0.0166 e. The van der Waals surface area contributed by atoms with Crippen molar-refractivity contribution < 1.29 is 0 Å². The molecule has 14 heavy (non-hydrogen) atoms. The molecular formula is C14H16. The molecule has 1 aliphatic rings. The zero-order valence-corrected chi connectivity index (χ0v) is 8.34. The first-order chi connectivity index (χ1) is 7.00. The maximum atomic E-state index is 2.18. The van der Waals surface area contributed by atoms with E-state index in [-0.39, 0.29) is 0 Å². The molecule has 1 aliphatic carbocycles. The van der Waals surface area contributed by atoms with Crippen molar-refractivity contribution in [1.82, 2.24) is 0 Å². The van der Waals surface area contributed by atoms with Crippen molar-refractivity contribution in [2.45, 2.75) is 12.8 Å². The standard InChI is InChI=1S/C14H16/c1-2-4-6-8-10-12-14-13-11-9-7-5-3-1/h1-10,13-14H,11-12H2/b2-1+,5-3-,6-4+,9-7+,10-8-,14-13?. The molecule has 0 N–H and O–H groups in total. The Balaban J connectivity index is 2.56. The van der Waals surface area contributed by atoms with Crippen molar-refractivity contribution in [2.75, 3.05) is 0 Å². The molecule has 1 rings (SSSR count). The fraction of sp³-hybridized carbons (Fsp3) is 0.143. The van der Waals surface area contributed by atoms with Crippen LogP contribution in [0.2, 0.25) is 0 Å². The highest BCUT2D eigenvalue weighted by molar-refractivity contribution is 5.18. The van der Waals surface area contributed by atoms with Gasteiger partial charge in [-0.3, -0.25) is 0 Å². The first-order valence-electron chi connectivity index (χ1n) is 4.97. The summed E-state index contributed by atoms with van der Waals surface area (Å²) >= 11 is 0. The highest BCUT2D eigenvalue weighted by Gasteiger charge is 1.72. The van der Waals surface area contributed by atoms with Crippen LogP contribution in [0.25, 0.3) is 0 Å². The predicted molar refractivity (Wildman–Crippen MR) is 64.1 cm³/mol. The second-order valence-corrected chi connectivity index (χ2v) is 2.95. The normalized spacial score (nSPS) is 28.6. The molecule has 0 aliphatic heterocycles. The molecule has 0 aromatic carbocycles. The molecule has 0 aromatic rings. The summed E-state index contributed by atoms with van der Waals surface area (Å²) < 4.78 is 0. The van der Waals surface area contributed by atoms with Crippen LogP contribution < -0.4 is 0 Å². The second kappa shape index (κ2) is 8.06. The maximum absolute atomic E-state index is 2.18. The SMILES string of the molecule is C1=CC/C=C/C=C\C=C\C=C\C=C/C1. The Morgan fingerprint density at radius 1 is 0.357 bits per heavy atom. The van der Waals surface area contributed by atoms with E-state index in [4.69, 9.17) is 0 Å². The molecule has 0 aromatic heterocycles. The lowest BCUT2D eigenvalue weighted by molar-refractivity contribution is 1.31. The van der Waals surface area contributed by atoms with Gasteiger partial charge in [0.05, 0.1) is 0 Å². The molecule has 72 valence electrons. The van der Waals surface area contributed by atoms with Gasteiger partial charge < -0.3 is 0 Å². The second-order valence-electron chi connectivity index (χ2n) is 2.95. The zero-order valence-electron chi connectivity index (χ0n) is 8.34. The summed E-state index contributed by atoms with van der Waals surface area (Å²) in [5, 5.41) is 0. The largest absolute Gasteiger partial charge is 0.0844 e. The summed E-state index contributed by atoms with van der Waals surface area (Å²) in [5.41, 5.74) is 0. The molecular weight excluding hydrogens is 168 g/mol. The van der Waals surface area contributed by atoms with Crippen LogP contribution in [0.15, 0.2) is 72.9 Å². The van der Waals surface area contributed by atoms with Crippen molar-refractivity contribution in [3.63, 3.8) is 0 Å². The summed E-state index contributed by atoms with van der Waals surface area (Å²) in [6.45, 7) is 0. The van der Waals surface area contributed by atoms with Crippen LogP contribution >= 0.6 is 0 Å². The fourth-order valence-electron chi connectivity index (χ4n) is 1.05. The lowest BCUT2D eigenvalue weighted by Crippen LogP contribution is -1.61. The van der Waals surface area contributed by atoms with Crippen LogP contribution in [0.4, 0.5) is 0 Å². The van der Waals surface area contributed by atoms with Crippen LogP contribution in [-0.4, -0.2) is 0 Å². The summed E-state index contributed by atoms with van der Waals surface area (Å²) in [5.74, 6) is 0. The van der Waals surface area contributed by atoms with Crippen LogP contribution in [0.1, 0.15) is 12.8 Å². The third kappa shape index (κ3) is 6.01. The molecule has 0 fully saturated rings. The van der Waals surface area contributed by atoms with Crippen molar-refractivity contribution in [1.29, 1.82) is 0 Å². The Bertz CT molecular complexity index is 266. The molecule has 0 unspecified atom stereocenters. The highest BCUT2D eigenvalue weighted by atomic mass is 13.8. The first-order valence-corrected chi connectivity index (χ1v) is 4.97. The Morgan fingerprint density at radius 3 is 1.14 bits per heavy atom. The van der Waals surface area contributed by atoms with Gasteiger partial charge in [-0.1, -0.05) is 72.9 Å². The molecule has 0 bridgehead atoms. The van der Waals surface area contributed by atoms with E-state index in [9.17, 15) is 0 Å². The van der Waals surface area contributed by atoms with Gasteiger partial charge >= 0.3 is 0 Å². The molecule has 0 radical (unpaired) electrons. The third-order valence-electron chi connectivity index (χ3n) is 1.76. The van der Waals surface area contributed by atoms with Crippen LogP contribution in [0, 0.1) is 0 Å². The van der Waals surface area contributed by atoms with Gasteiger partial charge in [0.1, 0.15) is 0 Å². The van der Waals surface area contributed by atoms with Crippen molar-refractivity contribution in [2.24, 2.45) is 0 Å². The lowest BCUT2D eigenvalue weighted by atomic mass is 10.2. The van der Waals surface area contributed by atoms with E-state index in [1.807, 2.05) is 36.5 Å². The minimum absolute atomic E-state index is 1.01. The monoisotopic (exact) mass is 184 g/mol. The quantitative estimate of drug-likeness (QED) is 0.497. The zero-order chi connectivity index (χ0) is 9.90. The number of allylic oxidation sites excluding steroid dienone is 12. The number of rotatable bonds is 0. The summed E-state index contributed by atoms with van der Waals surface area (Å²) in [4.78, 5) is 0. The molecule has 0 saturated carbocycles. The summed E-state index contributed by atoms with van der Waals surface area (Å²) in [6, 6.07) is 0. The van der Waals surface area contributed by atoms with Gasteiger partial charge in [0.25, 0.3) is 0 Å². The van der Waals surface area contributed by atoms with E-state index >= 15 is 0 Å². The van der Waals surface area contributed by atoms with Gasteiger partial charge in [0, 0.05) is 0 Å². The van der Waals surface area contributed by atoms with Gasteiger partial charge in [0.15, 0.2) is 0 Å². The van der Waals surface area contributed by atoms with Crippen molar-refractivity contribution >= 4 is 0 Å². The average molecular weight is 184 g/mol. The molecule has 0 saturated heterocycles. The molecule has 0 heterocycles. The predicted octanol–water partition coefficient (Wildman–Crippen LogP) is 4.12. The highest BCUT2D eigenvalue weighted by Crippen LogP contribution is 1.93. The molecule has 0 amide bonds.